The Morgan fingerprint density at radius 1 is 1.29 bits per heavy atom. The molecule has 2 rings (SSSR count). The largest absolute Gasteiger partial charge is 0.494 e. The zero-order valence-electron chi connectivity index (χ0n) is 10.9. The summed E-state index contributed by atoms with van der Waals surface area (Å²) in [5.74, 6) is 1.93. The maximum Gasteiger partial charge on any atom is 0.119 e. The van der Waals surface area contributed by atoms with Crippen LogP contribution in [-0.4, -0.2) is 13.7 Å². The molecule has 1 atom stereocenters. The fraction of sp³-hybridized carbons (Fsp3) is 0.600. The lowest BCUT2D eigenvalue weighted by Gasteiger charge is -2.25. The fourth-order valence-electron chi connectivity index (χ4n) is 2.14. The smallest absolute Gasteiger partial charge is 0.119 e. The summed E-state index contributed by atoms with van der Waals surface area (Å²) in [6, 6.07) is 8.83. The van der Waals surface area contributed by atoms with Gasteiger partial charge in [-0.1, -0.05) is 31.4 Å². The number of rotatable bonds is 6. The van der Waals surface area contributed by atoms with Crippen molar-refractivity contribution in [2.75, 3.05) is 13.7 Å². The van der Waals surface area contributed by atoms with E-state index in [9.17, 15) is 0 Å². The van der Waals surface area contributed by atoms with Crippen molar-refractivity contribution in [2.45, 2.75) is 38.6 Å². The van der Waals surface area contributed by atoms with Crippen LogP contribution in [0, 0.1) is 5.92 Å². The minimum atomic E-state index is 0.402. The van der Waals surface area contributed by atoms with E-state index in [4.69, 9.17) is 4.74 Å². The Balaban J connectivity index is 1.76. The monoisotopic (exact) mass is 233 g/mol. The van der Waals surface area contributed by atoms with Crippen molar-refractivity contribution in [3.63, 3.8) is 0 Å². The Morgan fingerprint density at radius 2 is 2.00 bits per heavy atom. The van der Waals surface area contributed by atoms with Crippen LogP contribution in [0.2, 0.25) is 0 Å². The van der Waals surface area contributed by atoms with Gasteiger partial charge in [0.25, 0.3) is 0 Å². The molecule has 1 fully saturated rings. The van der Waals surface area contributed by atoms with Gasteiger partial charge in [0.1, 0.15) is 5.75 Å². The highest BCUT2D eigenvalue weighted by Gasteiger charge is 2.16. The van der Waals surface area contributed by atoms with Crippen molar-refractivity contribution < 1.29 is 4.74 Å². The van der Waals surface area contributed by atoms with Gasteiger partial charge in [-0.05, 0) is 44.0 Å². The van der Waals surface area contributed by atoms with Gasteiger partial charge in [0.15, 0.2) is 0 Å². The third kappa shape index (κ3) is 3.47. The zero-order chi connectivity index (χ0) is 12.1. The molecule has 0 heterocycles. The molecular weight excluding hydrogens is 210 g/mol. The van der Waals surface area contributed by atoms with E-state index in [0.717, 1.165) is 18.3 Å². The first-order chi connectivity index (χ1) is 8.29. The summed E-state index contributed by atoms with van der Waals surface area (Å²) in [5, 5.41) is 3.23. The Labute approximate surface area is 104 Å². The van der Waals surface area contributed by atoms with Crippen molar-refractivity contribution in [3.8, 4) is 5.75 Å². The van der Waals surface area contributed by atoms with Crippen LogP contribution in [0.3, 0.4) is 0 Å². The van der Waals surface area contributed by atoms with Gasteiger partial charge < -0.3 is 10.1 Å². The Bertz CT molecular complexity index is 329. The second-order valence-corrected chi connectivity index (χ2v) is 5.01. The van der Waals surface area contributed by atoms with Crippen molar-refractivity contribution in [2.24, 2.45) is 5.92 Å². The highest BCUT2D eigenvalue weighted by Crippen LogP contribution is 2.29. The Kier molecular flexibility index (Phi) is 4.43. The Hall–Kier alpha value is -1.02. The fourth-order valence-corrected chi connectivity index (χ4v) is 2.14. The molecule has 1 N–H and O–H groups in total. The van der Waals surface area contributed by atoms with Gasteiger partial charge in [0, 0.05) is 6.04 Å². The van der Waals surface area contributed by atoms with Crippen LogP contribution in [0.5, 0.6) is 5.75 Å². The number of benzene rings is 1. The summed E-state index contributed by atoms with van der Waals surface area (Å²) in [6.45, 7) is 3.03. The lowest BCUT2D eigenvalue weighted by molar-refractivity contribution is 0.222. The van der Waals surface area contributed by atoms with E-state index >= 15 is 0 Å². The van der Waals surface area contributed by atoms with Gasteiger partial charge in [-0.25, -0.2) is 0 Å². The molecule has 2 heteroatoms. The van der Waals surface area contributed by atoms with Crippen LogP contribution in [-0.2, 0) is 0 Å². The molecule has 0 aliphatic heterocycles. The molecule has 17 heavy (non-hydrogen) atoms. The minimum absolute atomic E-state index is 0.402. The van der Waals surface area contributed by atoms with Gasteiger partial charge >= 0.3 is 0 Å². The SMILES string of the molecule is CNC(C)c1ccc(OCCC2CCC2)cc1. The van der Waals surface area contributed by atoms with E-state index in [1.165, 1.54) is 31.2 Å². The normalized spacial score (nSPS) is 17.5. The molecule has 1 aromatic carbocycles. The van der Waals surface area contributed by atoms with Crippen LogP contribution in [0.4, 0.5) is 0 Å². The molecule has 0 aromatic heterocycles. The second kappa shape index (κ2) is 6.06. The first-order valence-electron chi connectivity index (χ1n) is 6.69. The first kappa shape index (κ1) is 12.4. The summed E-state index contributed by atoms with van der Waals surface area (Å²) in [4.78, 5) is 0. The molecule has 2 nitrogen and oxygen atoms in total. The number of nitrogens with one attached hydrogen (secondary N) is 1. The lowest BCUT2D eigenvalue weighted by atomic mass is 9.83. The molecule has 94 valence electrons. The quantitative estimate of drug-likeness (QED) is 0.811. The zero-order valence-corrected chi connectivity index (χ0v) is 10.9. The summed E-state index contributed by atoms with van der Waals surface area (Å²) in [5.41, 5.74) is 1.30. The first-order valence-corrected chi connectivity index (χ1v) is 6.69. The number of ether oxygens (including phenoxy) is 1. The average molecular weight is 233 g/mol. The van der Waals surface area contributed by atoms with Crippen LogP contribution >= 0.6 is 0 Å². The molecule has 0 spiro atoms. The van der Waals surface area contributed by atoms with Crippen LogP contribution in [0.1, 0.15) is 44.2 Å². The molecule has 0 radical (unpaired) electrons. The molecule has 0 bridgehead atoms. The molecule has 1 unspecified atom stereocenters. The van der Waals surface area contributed by atoms with Crippen LogP contribution in [0.25, 0.3) is 0 Å². The summed E-state index contributed by atoms with van der Waals surface area (Å²) < 4.78 is 5.76. The molecule has 0 amide bonds. The van der Waals surface area contributed by atoms with Crippen molar-refractivity contribution in [1.29, 1.82) is 0 Å². The number of hydrogen-bond donors (Lipinski definition) is 1. The average Bonchev–Trinajstić information content (AvgIpc) is 2.32. The van der Waals surface area contributed by atoms with E-state index < -0.39 is 0 Å². The highest BCUT2D eigenvalue weighted by atomic mass is 16.5. The van der Waals surface area contributed by atoms with E-state index in [2.05, 4.69) is 36.5 Å². The Morgan fingerprint density at radius 3 is 2.53 bits per heavy atom. The van der Waals surface area contributed by atoms with E-state index in [1.807, 2.05) is 7.05 Å². The highest BCUT2D eigenvalue weighted by molar-refractivity contribution is 5.28. The second-order valence-electron chi connectivity index (χ2n) is 5.01. The van der Waals surface area contributed by atoms with Crippen molar-refractivity contribution in [1.82, 2.24) is 5.32 Å². The third-order valence-electron chi connectivity index (χ3n) is 3.83. The topological polar surface area (TPSA) is 21.3 Å². The predicted molar refractivity (Wildman–Crippen MR) is 71.4 cm³/mol. The molecule has 0 saturated heterocycles. The summed E-state index contributed by atoms with van der Waals surface area (Å²) in [7, 11) is 1.98. The third-order valence-corrected chi connectivity index (χ3v) is 3.83. The lowest BCUT2D eigenvalue weighted by Crippen LogP contribution is -2.14. The van der Waals surface area contributed by atoms with Gasteiger partial charge in [0.2, 0.25) is 0 Å². The van der Waals surface area contributed by atoms with E-state index in [-0.39, 0.29) is 0 Å². The molecule has 1 aromatic rings. The maximum absolute atomic E-state index is 5.76. The van der Waals surface area contributed by atoms with Crippen molar-refractivity contribution >= 4 is 0 Å². The predicted octanol–water partition coefficient (Wildman–Crippen LogP) is 3.54. The van der Waals surface area contributed by atoms with Gasteiger partial charge in [-0.2, -0.15) is 0 Å². The van der Waals surface area contributed by atoms with Gasteiger partial charge in [-0.15, -0.1) is 0 Å². The molecule has 1 aliphatic rings. The maximum atomic E-state index is 5.76. The summed E-state index contributed by atoms with van der Waals surface area (Å²) in [6.07, 6.45) is 5.44. The minimum Gasteiger partial charge on any atom is -0.494 e. The summed E-state index contributed by atoms with van der Waals surface area (Å²) >= 11 is 0. The molecular formula is C15H23NO. The van der Waals surface area contributed by atoms with Gasteiger partial charge in [-0.3, -0.25) is 0 Å². The van der Waals surface area contributed by atoms with Crippen LogP contribution in [0.15, 0.2) is 24.3 Å². The standard InChI is InChI=1S/C15H23NO/c1-12(16-2)14-6-8-15(9-7-14)17-11-10-13-4-3-5-13/h6-9,12-13,16H,3-5,10-11H2,1-2H3. The van der Waals surface area contributed by atoms with Gasteiger partial charge in [0.05, 0.1) is 6.61 Å². The molecule has 1 aliphatic carbocycles. The van der Waals surface area contributed by atoms with E-state index in [1.54, 1.807) is 0 Å². The van der Waals surface area contributed by atoms with Crippen LogP contribution < -0.4 is 10.1 Å². The van der Waals surface area contributed by atoms with E-state index in [0.29, 0.717) is 6.04 Å². The van der Waals surface area contributed by atoms with Crippen molar-refractivity contribution in [3.05, 3.63) is 29.8 Å². The molecule has 1 saturated carbocycles. The number of hydrogen-bond acceptors (Lipinski definition) is 2.